The van der Waals surface area contributed by atoms with Crippen LogP contribution >= 0.6 is 11.3 Å². The van der Waals surface area contributed by atoms with Crippen molar-refractivity contribution < 1.29 is 24.6 Å². The number of nitrogens with zero attached hydrogens (tertiary/aromatic N) is 1. The molecular weight excluding hydrogens is 284 g/mol. The smallest absolute Gasteiger partial charge is 0.347 e. The van der Waals surface area contributed by atoms with E-state index in [0.29, 0.717) is 5.01 Å². The van der Waals surface area contributed by atoms with Crippen LogP contribution in [0.5, 0.6) is 0 Å². The largest absolute Gasteiger partial charge is 0.480 e. The van der Waals surface area contributed by atoms with Gasteiger partial charge in [0.1, 0.15) is 11.4 Å². The van der Waals surface area contributed by atoms with Crippen molar-refractivity contribution in [3.8, 4) is 0 Å². The highest BCUT2D eigenvalue weighted by molar-refractivity contribution is 7.13. The fourth-order valence-corrected chi connectivity index (χ4v) is 2.33. The lowest BCUT2D eigenvalue weighted by Gasteiger charge is -2.13. The monoisotopic (exact) mass is 300 g/mol. The van der Waals surface area contributed by atoms with Crippen molar-refractivity contribution in [1.82, 2.24) is 10.3 Å². The van der Waals surface area contributed by atoms with Crippen LogP contribution in [0, 0.1) is 0 Å². The van der Waals surface area contributed by atoms with Crippen molar-refractivity contribution >= 4 is 29.2 Å². The number of aliphatic carboxylic acids is 1. The number of amides is 1. The normalized spacial score (nSPS) is 11.2. The molecule has 0 bridgehead atoms. The van der Waals surface area contributed by atoms with E-state index in [4.69, 9.17) is 10.2 Å². The van der Waals surface area contributed by atoms with E-state index in [1.165, 1.54) is 0 Å². The highest BCUT2D eigenvalue weighted by Crippen LogP contribution is 2.29. The molecular formula is C12H16N2O5S. The summed E-state index contributed by atoms with van der Waals surface area (Å²) in [5, 5.41) is 20.4. The number of carboxylic acid groups (broad SMARTS) is 2. The Hall–Kier alpha value is -1.96. The Morgan fingerprint density at radius 1 is 1.25 bits per heavy atom. The number of hydrogen-bond acceptors (Lipinski definition) is 5. The van der Waals surface area contributed by atoms with Gasteiger partial charge in [-0.2, -0.15) is 0 Å². The molecule has 0 unspecified atom stereocenters. The summed E-state index contributed by atoms with van der Waals surface area (Å²) in [7, 11) is 0. The number of aromatic carboxylic acids is 1. The predicted molar refractivity (Wildman–Crippen MR) is 72.1 cm³/mol. The van der Waals surface area contributed by atoms with Gasteiger partial charge in [-0.15, -0.1) is 11.3 Å². The lowest BCUT2D eigenvalue weighted by atomic mass is 9.98. The zero-order valence-corrected chi connectivity index (χ0v) is 12.2. The molecule has 110 valence electrons. The quantitative estimate of drug-likeness (QED) is 0.743. The Bertz CT molecular complexity index is 545. The van der Waals surface area contributed by atoms with Crippen LogP contribution in [0.15, 0.2) is 0 Å². The van der Waals surface area contributed by atoms with Gasteiger partial charge in [0.05, 0.1) is 17.1 Å². The molecule has 0 spiro atoms. The highest BCUT2D eigenvalue weighted by Gasteiger charge is 2.25. The highest BCUT2D eigenvalue weighted by atomic mass is 32.1. The maximum Gasteiger partial charge on any atom is 0.347 e. The molecule has 0 aliphatic heterocycles. The zero-order valence-electron chi connectivity index (χ0n) is 11.4. The fourth-order valence-electron chi connectivity index (χ4n) is 1.35. The van der Waals surface area contributed by atoms with Crippen molar-refractivity contribution in [2.24, 2.45) is 0 Å². The summed E-state index contributed by atoms with van der Waals surface area (Å²) in [6.07, 6.45) is -0.249. The van der Waals surface area contributed by atoms with Gasteiger partial charge >= 0.3 is 11.9 Å². The lowest BCUT2D eigenvalue weighted by Crippen LogP contribution is -2.31. The molecule has 1 heterocycles. The summed E-state index contributed by atoms with van der Waals surface area (Å²) in [6.45, 7) is 5.18. The lowest BCUT2D eigenvalue weighted by molar-refractivity contribution is -0.137. The van der Waals surface area contributed by atoms with Crippen molar-refractivity contribution in [2.75, 3.05) is 6.54 Å². The van der Waals surface area contributed by atoms with Crippen LogP contribution < -0.4 is 5.32 Å². The first-order valence-electron chi connectivity index (χ1n) is 5.83. The Balaban J connectivity index is 2.93. The van der Waals surface area contributed by atoms with Gasteiger partial charge in [0.25, 0.3) is 0 Å². The van der Waals surface area contributed by atoms with Gasteiger partial charge in [-0.25, -0.2) is 9.78 Å². The number of carboxylic acids is 2. The standard InChI is InChI=1S/C12H16N2O5S/c1-12(2,3)11-14-6(9(20-11)10(18)19)4-7(15)13-5-8(16)17/h4-5H2,1-3H3,(H,13,15)(H,16,17)(H,18,19). The molecule has 7 nitrogen and oxygen atoms in total. The van der Waals surface area contributed by atoms with Gasteiger partial charge in [-0.05, 0) is 0 Å². The van der Waals surface area contributed by atoms with E-state index in [1.807, 2.05) is 20.8 Å². The van der Waals surface area contributed by atoms with Crippen LogP contribution in [0.25, 0.3) is 0 Å². The number of rotatable bonds is 5. The van der Waals surface area contributed by atoms with E-state index >= 15 is 0 Å². The molecule has 0 fully saturated rings. The Labute approximate surface area is 119 Å². The summed E-state index contributed by atoms with van der Waals surface area (Å²) < 4.78 is 0. The summed E-state index contributed by atoms with van der Waals surface area (Å²) in [5.74, 6) is -2.87. The molecule has 1 aromatic heterocycles. The minimum absolute atomic E-state index is 0.0143. The molecule has 0 aromatic carbocycles. The summed E-state index contributed by atoms with van der Waals surface area (Å²) >= 11 is 1.03. The Morgan fingerprint density at radius 2 is 1.85 bits per heavy atom. The summed E-state index contributed by atoms with van der Waals surface area (Å²) in [4.78, 5) is 37.3. The SMILES string of the molecule is CC(C)(C)c1nc(CC(=O)NCC(=O)O)c(C(=O)O)s1. The van der Waals surface area contributed by atoms with Crippen LogP contribution in [-0.4, -0.2) is 39.6 Å². The van der Waals surface area contributed by atoms with Crippen molar-refractivity contribution in [1.29, 1.82) is 0 Å². The van der Waals surface area contributed by atoms with Crippen LogP contribution in [0.4, 0.5) is 0 Å². The molecule has 0 saturated heterocycles. The summed E-state index contributed by atoms with van der Waals surface area (Å²) in [5.41, 5.74) is -0.152. The zero-order chi connectivity index (χ0) is 15.5. The fraction of sp³-hybridized carbons (Fsp3) is 0.500. The second kappa shape index (κ2) is 6.00. The van der Waals surface area contributed by atoms with Gasteiger partial charge in [0, 0.05) is 5.41 Å². The average Bonchev–Trinajstić information content (AvgIpc) is 2.70. The second-order valence-electron chi connectivity index (χ2n) is 5.20. The average molecular weight is 300 g/mol. The van der Waals surface area contributed by atoms with Crippen LogP contribution in [0.3, 0.4) is 0 Å². The number of thiazole rings is 1. The van der Waals surface area contributed by atoms with Gasteiger partial charge in [-0.1, -0.05) is 20.8 Å². The number of carbonyl (C=O) groups excluding carboxylic acids is 1. The van der Waals surface area contributed by atoms with E-state index in [1.54, 1.807) is 0 Å². The van der Waals surface area contributed by atoms with E-state index in [2.05, 4.69) is 10.3 Å². The third-order valence-electron chi connectivity index (χ3n) is 2.30. The van der Waals surface area contributed by atoms with Crippen molar-refractivity contribution in [2.45, 2.75) is 32.6 Å². The molecule has 1 aromatic rings. The predicted octanol–water partition coefficient (Wildman–Crippen LogP) is 0.882. The van der Waals surface area contributed by atoms with Crippen molar-refractivity contribution in [3.63, 3.8) is 0 Å². The number of hydrogen-bond donors (Lipinski definition) is 3. The van der Waals surface area contributed by atoms with Crippen LogP contribution in [0.2, 0.25) is 0 Å². The molecule has 0 aliphatic rings. The van der Waals surface area contributed by atoms with E-state index < -0.39 is 24.4 Å². The number of aromatic nitrogens is 1. The molecule has 3 N–H and O–H groups in total. The minimum atomic E-state index is -1.16. The molecule has 0 saturated carbocycles. The third-order valence-corrected chi connectivity index (χ3v) is 3.81. The first-order chi connectivity index (χ1) is 9.11. The first kappa shape index (κ1) is 16.1. The van der Waals surface area contributed by atoms with Crippen LogP contribution in [0.1, 0.15) is 41.1 Å². The van der Waals surface area contributed by atoms with Gasteiger partial charge < -0.3 is 15.5 Å². The van der Waals surface area contributed by atoms with Gasteiger partial charge in [0.15, 0.2) is 0 Å². The Kier molecular flexibility index (Phi) is 4.83. The topological polar surface area (TPSA) is 117 Å². The maximum absolute atomic E-state index is 11.5. The third kappa shape index (κ3) is 4.30. The first-order valence-corrected chi connectivity index (χ1v) is 6.65. The van der Waals surface area contributed by atoms with E-state index in [0.717, 1.165) is 11.3 Å². The molecule has 8 heteroatoms. The van der Waals surface area contributed by atoms with E-state index in [-0.39, 0.29) is 22.4 Å². The molecule has 1 amide bonds. The van der Waals surface area contributed by atoms with Gasteiger partial charge in [0.2, 0.25) is 5.91 Å². The Morgan fingerprint density at radius 3 is 2.30 bits per heavy atom. The summed E-state index contributed by atoms with van der Waals surface area (Å²) in [6, 6.07) is 0. The van der Waals surface area contributed by atoms with Crippen molar-refractivity contribution in [3.05, 3.63) is 15.6 Å². The molecule has 1 rings (SSSR count). The molecule has 0 atom stereocenters. The molecule has 0 aliphatic carbocycles. The van der Waals surface area contributed by atoms with Gasteiger partial charge in [-0.3, -0.25) is 9.59 Å². The van der Waals surface area contributed by atoms with Crippen LogP contribution in [-0.2, 0) is 21.4 Å². The number of nitrogens with one attached hydrogen (secondary N) is 1. The minimum Gasteiger partial charge on any atom is -0.480 e. The number of carbonyl (C=O) groups is 3. The second-order valence-corrected chi connectivity index (χ2v) is 6.20. The van der Waals surface area contributed by atoms with E-state index in [9.17, 15) is 14.4 Å². The molecule has 0 radical (unpaired) electrons. The molecule has 20 heavy (non-hydrogen) atoms. The maximum atomic E-state index is 11.5.